The van der Waals surface area contributed by atoms with Crippen molar-refractivity contribution >= 4 is 56.8 Å². The summed E-state index contributed by atoms with van der Waals surface area (Å²) < 4.78 is 28.3. The van der Waals surface area contributed by atoms with E-state index >= 15 is 0 Å². The van der Waals surface area contributed by atoms with Crippen molar-refractivity contribution in [3.8, 4) is 11.1 Å². The number of amides is 1. The van der Waals surface area contributed by atoms with Crippen LogP contribution in [0.15, 0.2) is 64.9 Å². The highest BCUT2D eigenvalue weighted by Crippen LogP contribution is 2.41. The van der Waals surface area contributed by atoms with Crippen molar-refractivity contribution in [1.29, 1.82) is 0 Å². The lowest BCUT2D eigenvalue weighted by Gasteiger charge is -2.34. The summed E-state index contributed by atoms with van der Waals surface area (Å²) >= 11 is 12.7. The predicted octanol–water partition coefficient (Wildman–Crippen LogP) is 4.05. The van der Waals surface area contributed by atoms with E-state index in [9.17, 15) is 23.1 Å². The molecule has 1 aliphatic carbocycles. The number of benzene rings is 2. The molecule has 0 bridgehead atoms. The number of imidazole rings is 1. The molecule has 15 heteroatoms. The van der Waals surface area contributed by atoms with Crippen molar-refractivity contribution in [1.82, 2.24) is 20.0 Å². The lowest BCUT2D eigenvalue weighted by Crippen LogP contribution is -2.49. The second kappa shape index (κ2) is 12.9. The quantitative estimate of drug-likeness (QED) is 0.207. The maximum absolute atomic E-state index is 13.1. The third-order valence-electron chi connectivity index (χ3n) is 7.62. The van der Waals surface area contributed by atoms with Gasteiger partial charge in [0, 0.05) is 37.5 Å². The van der Waals surface area contributed by atoms with Crippen LogP contribution < -0.4 is 15.4 Å². The predicted molar refractivity (Wildman–Crippen MR) is 162 cm³/mol. The van der Waals surface area contributed by atoms with Crippen LogP contribution in [0.5, 0.6) is 0 Å². The number of aromatic amines is 1. The second-order valence-electron chi connectivity index (χ2n) is 10.6. The van der Waals surface area contributed by atoms with Gasteiger partial charge >= 0.3 is 5.97 Å². The van der Waals surface area contributed by atoms with Gasteiger partial charge < -0.3 is 25.6 Å². The van der Waals surface area contributed by atoms with Crippen LogP contribution >= 0.6 is 23.2 Å². The van der Waals surface area contributed by atoms with Gasteiger partial charge in [-0.2, -0.15) is 4.72 Å². The van der Waals surface area contributed by atoms with Gasteiger partial charge in [0.1, 0.15) is 17.4 Å². The van der Waals surface area contributed by atoms with Crippen LogP contribution in [-0.4, -0.2) is 65.8 Å². The van der Waals surface area contributed by atoms with E-state index in [4.69, 9.17) is 28.0 Å². The summed E-state index contributed by atoms with van der Waals surface area (Å²) in [7, 11) is -4.38. The highest BCUT2D eigenvalue weighted by atomic mass is 35.5. The van der Waals surface area contributed by atoms with Gasteiger partial charge in [0.05, 0.1) is 14.9 Å². The Hall–Kier alpha value is -3.65. The third-order valence-corrected chi connectivity index (χ3v) is 9.67. The Labute approximate surface area is 258 Å². The SMILES string of the molecule is O=C(NC[C@H](NS(=O)(=O)c1cc(Cl)c(-c2ccccc2)c(Cl)c1)C(=O)O)C1=NOC2(CCC(CNc3ncc[nH]3)CC2)C1. The van der Waals surface area contributed by atoms with Gasteiger partial charge in [-0.05, 0) is 49.3 Å². The number of halogens is 2. The molecule has 1 atom stereocenters. The van der Waals surface area contributed by atoms with Gasteiger partial charge in [-0.15, -0.1) is 0 Å². The number of rotatable bonds is 11. The first-order valence-electron chi connectivity index (χ1n) is 13.6. The Morgan fingerprint density at radius 2 is 1.84 bits per heavy atom. The van der Waals surface area contributed by atoms with E-state index in [2.05, 4.69) is 30.5 Å². The molecule has 2 heterocycles. The molecular weight excluding hydrogens is 619 g/mol. The molecule has 1 aromatic heterocycles. The molecule has 5 rings (SSSR count). The van der Waals surface area contributed by atoms with Gasteiger partial charge in [-0.1, -0.05) is 58.7 Å². The number of aromatic nitrogens is 2. The number of anilines is 1. The molecule has 0 unspecified atom stereocenters. The third kappa shape index (κ3) is 7.29. The zero-order valence-electron chi connectivity index (χ0n) is 22.8. The molecule has 2 aliphatic rings. The fraction of sp³-hybridized carbons (Fsp3) is 0.357. The molecule has 0 radical (unpaired) electrons. The maximum atomic E-state index is 13.1. The highest BCUT2D eigenvalue weighted by molar-refractivity contribution is 7.89. The van der Waals surface area contributed by atoms with Crippen LogP contribution in [0.1, 0.15) is 32.1 Å². The molecule has 43 heavy (non-hydrogen) atoms. The Balaban J connectivity index is 1.15. The lowest BCUT2D eigenvalue weighted by molar-refractivity contribution is -0.138. The molecule has 5 N–H and O–H groups in total. The minimum Gasteiger partial charge on any atom is -0.480 e. The summed E-state index contributed by atoms with van der Waals surface area (Å²) in [4.78, 5) is 37.3. The number of carbonyl (C=O) groups is 2. The van der Waals surface area contributed by atoms with Crippen LogP contribution in [-0.2, 0) is 24.4 Å². The van der Waals surface area contributed by atoms with Gasteiger partial charge in [0.15, 0.2) is 5.95 Å². The number of carboxylic acid groups (broad SMARTS) is 1. The van der Waals surface area contributed by atoms with Crippen molar-refractivity contribution in [2.75, 3.05) is 18.4 Å². The first-order chi connectivity index (χ1) is 20.6. The number of nitrogens with zero attached hydrogens (tertiary/aromatic N) is 2. The normalized spacial score (nSPS) is 20.7. The Bertz CT molecular complexity index is 1590. The summed E-state index contributed by atoms with van der Waals surface area (Å²) in [6.07, 6.45) is 6.89. The van der Waals surface area contributed by atoms with Crippen LogP contribution in [0.25, 0.3) is 11.1 Å². The number of carboxylic acids is 1. The number of hydrogen-bond acceptors (Lipinski definition) is 8. The Morgan fingerprint density at radius 1 is 1.14 bits per heavy atom. The van der Waals surface area contributed by atoms with Crippen LogP contribution in [0.4, 0.5) is 5.95 Å². The number of sulfonamides is 1. The number of nitrogens with one attached hydrogen (secondary N) is 4. The fourth-order valence-corrected chi connectivity index (χ4v) is 7.31. The van der Waals surface area contributed by atoms with E-state index in [-0.39, 0.29) is 27.1 Å². The minimum atomic E-state index is -4.38. The van der Waals surface area contributed by atoms with E-state index < -0.39 is 40.1 Å². The monoisotopic (exact) mass is 648 g/mol. The Kier molecular flexibility index (Phi) is 9.25. The molecule has 3 aromatic rings. The minimum absolute atomic E-state index is 0.0789. The van der Waals surface area contributed by atoms with E-state index in [0.717, 1.165) is 25.3 Å². The number of hydrogen-bond donors (Lipinski definition) is 5. The maximum Gasteiger partial charge on any atom is 0.323 e. The number of H-pyrrole nitrogens is 1. The summed E-state index contributed by atoms with van der Waals surface area (Å²) in [5, 5.41) is 19.6. The molecule has 1 aliphatic heterocycles. The van der Waals surface area contributed by atoms with Gasteiger partial charge in [0.25, 0.3) is 5.91 Å². The number of aliphatic carboxylic acids is 1. The first-order valence-corrected chi connectivity index (χ1v) is 15.9. The van der Waals surface area contributed by atoms with E-state index in [0.29, 0.717) is 29.9 Å². The van der Waals surface area contributed by atoms with Crippen LogP contribution in [0.3, 0.4) is 0 Å². The largest absolute Gasteiger partial charge is 0.480 e. The summed E-state index contributed by atoms with van der Waals surface area (Å²) in [5.41, 5.74) is 0.693. The van der Waals surface area contributed by atoms with Crippen molar-refractivity contribution < 1.29 is 28.0 Å². The molecule has 12 nitrogen and oxygen atoms in total. The summed E-state index contributed by atoms with van der Waals surface area (Å²) in [5.74, 6) is -0.970. The van der Waals surface area contributed by atoms with E-state index in [1.165, 1.54) is 12.1 Å². The zero-order valence-corrected chi connectivity index (χ0v) is 25.2. The van der Waals surface area contributed by atoms with Crippen molar-refractivity contribution in [3.05, 3.63) is 64.9 Å². The summed E-state index contributed by atoms with van der Waals surface area (Å²) in [6, 6.07) is 9.66. The first kappa shape index (κ1) is 30.8. The molecule has 2 aromatic carbocycles. The van der Waals surface area contributed by atoms with Gasteiger partial charge in [-0.25, -0.2) is 13.4 Å². The molecule has 1 fully saturated rings. The number of carbonyl (C=O) groups excluding carboxylic acids is 1. The van der Waals surface area contributed by atoms with Crippen molar-refractivity contribution in [3.63, 3.8) is 0 Å². The molecule has 1 saturated carbocycles. The lowest BCUT2D eigenvalue weighted by atomic mass is 9.76. The molecular formula is C28H30Cl2N6O6S. The molecule has 228 valence electrons. The van der Waals surface area contributed by atoms with Crippen molar-refractivity contribution in [2.45, 2.75) is 48.6 Å². The molecule has 0 saturated heterocycles. The second-order valence-corrected chi connectivity index (χ2v) is 13.1. The average molecular weight is 650 g/mol. The van der Waals surface area contributed by atoms with Gasteiger partial charge in [0.2, 0.25) is 10.0 Å². The van der Waals surface area contributed by atoms with E-state index in [1.807, 2.05) is 6.07 Å². The molecule has 1 amide bonds. The van der Waals surface area contributed by atoms with Crippen molar-refractivity contribution in [2.24, 2.45) is 11.1 Å². The zero-order chi connectivity index (χ0) is 30.6. The standard InChI is InChI=1S/C28H30Cl2N6O6S/c29-20-12-19(13-21(30)24(20)18-4-2-1-3-5-18)43(40,41)36-23(26(38)39)16-33-25(37)22-14-28(42-35-22)8-6-17(7-9-28)15-34-27-31-10-11-32-27/h1-5,10-13,17,23,36H,6-9,14-16H2,(H,33,37)(H,38,39)(H2,31,32,34)/t17?,23-,28?/m0/s1. The summed E-state index contributed by atoms with van der Waals surface area (Å²) in [6.45, 7) is 0.239. The van der Waals surface area contributed by atoms with Crippen LogP contribution in [0.2, 0.25) is 10.0 Å². The average Bonchev–Trinajstić information content (AvgIpc) is 3.66. The highest BCUT2D eigenvalue weighted by Gasteiger charge is 2.44. The van der Waals surface area contributed by atoms with Gasteiger partial charge in [-0.3, -0.25) is 9.59 Å². The smallest absolute Gasteiger partial charge is 0.323 e. The fourth-order valence-electron chi connectivity index (χ4n) is 5.24. The molecule has 1 spiro atoms. The number of oxime groups is 1. The Morgan fingerprint density at radius 3 is 2.47 bits per heavy atom. The van der Waals surface area contributed by atoms with Crippen LogP contribution in [0, 0.1) is 5.92 Å². The van der Waals surface area contributed by atoms with E-state index in [1.54, 1.807) is 36.7 Å². The topological polar surface area (TPSA) is 175 Å².